The van der Waals surface area contributed by atoms with E-state index in [9.17, 15) is 9.90 Å². The van der Waals surface area contributed by atoms with E-state index in [1.54, 1.807) is 14.2 Å². The zero-order valence-corrected chi connectivity index (χ0v) is 17.4. The average molecular weight is 401 g/mol. The van der Waals surface area contributed by atoms with Gasteiger partial charge in [0.15, 0.2) is 12.6 Å². The third-order valence-electron chi connectivity index (χ3n) is 5.69. The van der Waals surface area contributed by atoms with Crippen molar-refractivity contribution in [1.29, 1.82) is 0 Å². The summed E-state index contributed by atoms with van der Waals surface area (Å²) in [5.74, 6) is -0.279. The first-order valence-corrected chi connectivity index (χ1v) is 10.3. The summed E-state index contributed by atoms with van der Waals surface area (Å²) in [6.45, 7) is 0.723. The fourth-order valence-electron chi connectivity index (χ4n) is 4.20. The summed E-state index contributed by atoms with van der Waals surface area (Å²) >= 11 is 0. The SMILES string of the molecule is COC(=O)CCCC=CC[C@@H]1[C@@H](C(OC)OC)[C@H](OC2CCCCO2)C[C@@H]1O. The summed E-state index contributed by atoms with van der Waals surface area (Å²) in [7, 11) is 4.64. The number of ether oxygens (including phenoxy) is 5. The number of hydrogen-bond acceptors (Lipinski definition) is 7. The first kappa shape index (κ1) is 23.3. The van der Waals surface area contributed by atoms with E-state index < -0.39 is 12.4 Å². The summed E-state index contributed by atoms with van der Waals surface area (Å²) < 4.78 is 27.7. The van der Waals surface area contributed by atoms with Gasteiger partial charge in [-0.25, -0.2) is 0 Å². The van der Waals surface area contributed by atoms with Crippen molar-refractivity contribution in [2.45, 2.75) is 76.2 Å². The van der Waals surface area contributed by atoms with Crippen LogP contribution in [0.3, 0.4) is 0 Å². The second kappa shape index (κ2) is 12.5. The molecular formula is C21H36O7. The second-order valence-corrected chi connectivity index (χ2v) is 7.53. The molecule has 0 amide bonds. The van der Waals surface area contributed by atoms with Gasteiger partial charge in [0.25, 0.3) is 0 Å². The number of aliphatic hydroxyl groups is 1. The molecule has 7 nitrogen and oxygen atoms in total. The van der Waals surface area contributed by atoms with E-state index in [-0.39, 0.29) is 30.2 Å². The van der Waals surface area contributed by atoms with Crippen molar-refractivity contribution in [3.05, 3.63) is 12.2 Å². The minimum Gasteiger partial charge on any atom is -0.469 e. The third kappa shape index (κ3) is 6.81. The molecule has 1 saturated heterocycles. The van der Waals surface area contributed by atoms with Gasteiger partial charge < -0.3 is 28.8 Å². The maximum atomic E-state index is 11.1. The lowest BCUT2D eigenvalue weighted by atomic mass is 9.89. The lowest BCUT2D eigenvalue weighted by Crippen LogP contribution is -2.39. The molecule has 5 atom stereocenters. The fourth-order valence-corrected chi connectivity index (χ4v) is 4.20. The Kier molecular flexibility index (Phi) is 10.4. The number of hydrogen-bond donors (Lipinski definition) is 1. The lowest BCUT2D eigenvalue weighted by molar-refractivity contribution is -0.227. The Morgan fingerprint density at radius 2 is 2.00 bits per heavy atom. The van der Waals surface area contributed by atoms with Gasteiger partial charge in [-0.3, -0.25) is 4.79 Å². The van der Waals surface area contributed by atoms with Crippen LogP contribution in [-0.2, 0) is 28.5 Å². The highest BCUT2D eigenvalue weighted by atomic mass is 16.7. The molecule has 1 heterocycles. The largest absolute Gasteiger partial charge is 0.469 e. The molecule has 0 spiro atoms. The highest BCUT2D eigenvalue weighted by Crippen LogP contribution is 2.41. The first-order chi connectivity index (χ1) is 13.6. The van der Waals surface area contributed by atoms with Crippen LogP contribution in [0, 0.1) is 11.8 Å². The zero-order valence-electron chi connectivity index (χ0n) is 17.4. The third-order valence-corrected chi connectivity index (χ3v) is 5.69. The topological polar surface area (TPSA) is 83.5 Å². The molecule has 1 aliphatic carbocycles. The van der Waals surface area contributed by atoms with Crippen LogP contribution in [0.4, 0.5) is 0 Å². The Hall–Kier alpha value is -0.990. The fraction of sp³-hybridized carbons (Fsp3) is 0.857. The molecule has 2 aliphatic rings. The summed E-state index contributed by atoms with van der Waals surface area (Å²) in [5, 5.41) is 10.7. The number of allylic oxidation sites excluding steroid dienone is 2. The number of methoxy groups -OCH3 is 3. The van der Waals surface area contributed by atoms with Crippen LogP contribution in [-0.4, -0.2) is 63.8 Å². The highest BCUT2D eigenvalue weighted by Gasteiger charge is 2.48. The van der Waals surface area contributed by atoms with E-state index >= 15 is 0 Å². The first-order valence-electron chi connectivity index (χ1n) is 10.3. The van der Waals surface area contributed by atoms with Gasteiger partial charge in [-0.05, 0) is 44.4 Å². The molecule has 1 N–H and O–H groups in total. The summed E-state index contributed by atoms with van der Waals surface area (Å²) in [6.07, 6.45) is 9.11. The summed E-state index contributed by atoms with van der Waals surface area (Å²) in [4.78, 5) is 11.1. The minimum atomic E-state index is -0.480. The molecule has 2 fully saturated rings. The van der Waals surface area contributed by atoms with Crippen molar-refractivity contribution >= 4 is 5.97 Å². The van der Waals surface area contributed by atoms with Gasteiger partial charge >= 0.3 is 5.97 Å². The Labute approximate surface area is 168 Å². The molecule has 0 radical (unpaired) electrons. The van der Waals surface area contributed by atoms with Gasteiger partial charge in [-0.15, -0.1) is 0 Å². The smallest absolute Gasteiger partial charge is 0.305 e. The van der Waals surface area contributed by atoms with Crippen LogP contribution in [0.1, 0.15) is 51.4 Å². The molecule has 0 aromatic heterocycles. The van der Waals surface area contributed by atoms with Crippen molar-refractivity contribution in [2.75, 3.05) is 27.9 Å². The van der Waals surface area contributed by atoms with Crippen LogP contribution >= 0.6 is 0 Å². The Morgan fingerprint density at radius 3 is 2.64 bits per heavy atom. The second-order valence-electron chi connectivity index (χ2n) is 7.53. The monoisotopic (exact) mass is 400 g/mol. The van der Waals surface area contributed by atoms with Crippen molar-refractivity contribution in [1.82, 2.24) is 0 Å². The quantitative estimate of drug-likeness (QED) is 0.247. The summed E-state index contributed by atoms with van der Waals surface area (Å²) in [5.41, 5.74) is 0. The number of rotatable bonds is 11. The van der Waals surface area contributed by atoms with E-state index in [2.05, 4.69) is 16.9 Å². The number of carbonyl (C=O) groups is 1. The molecule has 1 aliphatic heterocycles. The molecule has 0 aromatic carbocycles. The standard InChI is InChI=1S/C21H36O7/c1-24-18(23)11-7-5-4-6-10-15-16(22)14-17(20(15)21(25-2)26-3)28-19-12-8-9-13-27-19/h4,6,15-17,19-22H,5,7-14H2,1-3H3/t15-,16-,17+,19?,20+/m0/s1. The lowest BCUT2D eigenvalue weighted by Gasteiger charge is -2.33. The van der Waals surface area contributed by atoms with Crippen LogP contribution in [0.25, 0.3) is 0 Å². The van der Waals surface area contributed by atoms with Crippen LogP contribution in [0.15, 0.2) is 12.2 Å². The Balaban J connectivity index is 1.92. The predicted molar refractivity (Wildman–Crippen MR) is 103 cm³/mol. The van der Waals surface area contributed by atoms with E-state index in [1.165, 1.54) is 7.11 Å². The maximum Gasteiger partial charge on any atom is 0.305 e. The number of aliphatic hydroxyl groups excluding tert-OH is 1. The summed E-state index contributed by atoms with van der Waals surface area (Å²) in [6, 6.07) is 0. The zero-order chi connectivity index (χ0) is 20.4. The number of esters is 1. The predicted octanol–water partition coefficient (Wildman–Crippen LogP) is 2.80. The Morgan fingerprint density at radius 1 is 1.21 bits per heavy atom. The molecule has 0 aromatic rings. The van der Waals surface area contributed by atoms with E-state index in [0.717, 1.165) is 38.7 Å². The van der Waals surface area contributed by atoms with E-state index in [1.807, 2.05) is 0 Å². The van der Waals surface area contributed by atoms with Crippen molar-refractivity contribution < 1.29 is 33.6 Å². The molecular weight excluding hydrogens is 364 g/mol. The Bertz CT molecular complexity index is 471. The number of unbranched alkanes of at least 4 members (excludes halogenated alkanes) is 1. The van der Waals surface area contributed by atoms with Gasteiger partial charge in [-0.1, -0.05) is 12.2 Å². The molecule has 162 valence electrons. The van der Waals surface area contributed by atoms with Gasteiger partial charge in [-0.2, -0.15) is 0 Å². The minimum absolute atomic E-state index is 0.0182. The molecule has 7 heteroatoms. The van der Waals surface area contributed by atoms with Crippen LogP contribution in [0.5, 0.6) is 0 Å². The van der Waals surface area contributed by atoms with Crippen molar-refractivity contribution in [3.8, 4) is 0 Å². The van der Waals surface area contributed by atoms with Crippen LogP contribution < -0.4 is 0 Å². The normalized spacial score (nSPS) is 31.0. The van der Waals surface area contributed by atoms with E-state index in [0.29, 0.717) is 19.3 Å². The van der Waals surface area contributed by atoms with Gasteiger partial charge in [0.05, 0.1) is 19.3 Å². The number of carbonyl (C=O) groups excluding carboxylic acids is 1. The molecule has 0 bridgehead atoms. The maximum absolute atomic E-state index is 11.1. The van der Waals surface area contributed by atoms with Gasteiger partial charge in [0.2, 0.25) is 0 Å². The van der Waals surface area contributed by atoms with Gasteiger partial charge in [0, 0.05) is 39.6 Å². The van der Waals surface area contributed by atoms with Crippen molar-refractivity contribution in [3.63, 3.8) is 0 Å². The van der Waals surface area contributed by atoms with Crippen molar-refractivity contribution in [2.24, 2.45) is 11.8 Å². The molecule has 2 rings (SSSR count). The highest BCUT2D eigenvalue weighted by molar-refractivity contribution is 5.69. The molecule has 28 heavy (non-hydrogen) atoms. The van der Waals surface area contributed by atoms with E-state index in [4.69, 9.17) is 18.9 Å². The average Bonchev–Trinajstić information content (AvgIpc) is 3.01. The van der Waals surface area contributed by atoms with Gasteiger partial charge in [0.1, 0.15) is 0 Å². The molecule has 1 unspecified atom stereocenters. The molecule has 1 saturated carbocycles. The van der Waals surface area contributed by atoms with Crippen LogP contribution in [0.2, 0.25) is 0 Å².